The number of rotatable bonds is 8. The molecule has 0 amide bonds. The van der Waals surface area contributed by atoms with Crippen LogP contribution in [0.4, 0.5) is 0 Å². The second-order valence-electron chi connectivity index (χ2n) is 4.78. The van der Waals surface area contributed by atoms with Crippen molar-refractivity contribution >= 4 is 0 Å². The highest BCUT2D eigenvalue weighted by atomic mass is 15.1. The first-order valence-electron chi connectivity index (χ1n) is 6.55. The first-order valence-corrected chi connectivity index (χ1v) is 6.55. The van der Waals surface area contributed by atoms with Crippen molar-refractivity contribution in [1.29, 1.82) is 0 Å². The molecular weight excluding hydrogens is 212 g/mol. The van der Waals surface area contributed by atoms with Crippen molar-refractivity contribution in [3.63, 3.8) is 0 Å². The summed E-state index contributed by atoms with van der Waals surface area (Å²) < 4.78 is 2.17. The topological polar surface area (TPSA) is 33.1 Å². The maximum atomic E-state index is 4.16. The van der Waals surface area contributed by atoms with E-state index >= 15 is 0 Å². The summed E-state index contributed by atoms with van der Waals surface area (Å²) in [5.74, 6) is 0. The molecule has 0 spiro atoms. The van der Waals surface area contributed by atoms with E-state index in [1.807, 2.05) is 12.5 Å². The lowest BCUT2D eigenvalue weighted by atomic mass is 10.3. The molecule has 0 radical (unpaired) electrons. The molecule has 0 aliphatic carbocycles. The van der Waals surface area contributed by atoms with Gasteiger partial charge in [-0.3, -0.25) is 0 Å². The van der Waals surface area contributed by atoms with Gasteiger partial charge in [-0.1, -0.05) is 0 Å². The lowest BCUT2D eigenvalue weighted by Crippen LogP contribution is -2.29. The van der Waals surface area contributed by atoms with Crippen LogP contribution in [-0.4, -0.2) is 40.6 Å². The highest BCUT2D eigenvalue weighted by Gasteiger charge is 2.02. The van der Waals surface area contributed by atoms with Gasteiger partial charge in [-0.15, -0.1) is 0 Å². The Morgan fingerprint density at radius 1 is 1.47 bits per heavy atom. The van der Waals surface area contributed by atoms with Gasteiger partial charge in [0.2, 0.25) is 0 Å². The standard InChI is InChI=1S/C13H26N4/c1-5-17-11-15-10-13(17)9-14-7-6-8-16(4)12(2)3/h10-12,14H,5-9H2,1-4H3. The lowest BCUT2D eigenvalue weighted by molar-refractivity contribution is 0.269. The fourth-order valence-corrected chi connectivity index (χ4v) is 1.71. The lowest BCUT2D eigenvalue weighted by Gasteiger charge is -2.20. The Bertz CT molecular complexity index is 306. The van der Waals surface area contributed by atoms with Crippen molar-refractivity contribution in [1.82, 2.24) is 19.8 Å². The number of aryl methyl sites for hydroxylation is 1. The minimum absolute atomic E-state index is 0.636. The molecule has 0 fully saturated rings. The van der Waals surface area contributed by atoms with Crippen LogP contribution in [0.15, 0.2) is 12.5 Å². The van der Waals surface area contributed by atoms with Gasteiger partial charge in [0.25, 0.3) is 0 Å². The Morgan fingerprint density at radius 3 is 2.88 bits per heavy atom. The van der Waals surface area contributed by atoms with E-state index in [9.17, 15) is 0 Å². The van der Waals surface area contributed by atoms with Gasteiger partial charge in [0.05, 0.1) is 12.0 Å². The van der Waals surface area contributed by atoms with Crippen molar-refractivity contribution in [3.8, 4) is 0 Å². The van der Waals surface area contributed by atoms with E-state index < -0.39 is 0 Å². The molecule has 0 atom stereocenters. The molecule has 0 bridgehead atoms. The summed E-state index contributed by atoms with van der Waals surface area (Å²) in [6.07, 6.45) is 5.02. The largest absolute Gasteiger partial charge is 0.334 e. The number of imidazole rings is 1. The molecule has 98 valence electrons. The minimum atomic E-state index is 0.636. The molecule has 0 aliphatic rings. The summed E-state index contributed by atoms with van der Waals surface area (Å²) in [7, 11) is 2.18. The Balaban J connectivity index is 2.12. The van der Waals surface area contributed by atoms with E-state index in [4.69, 9.17) is 0 Å². The molecule has 4 heteroatoms. The number of aromatic nitrogens is 2. The summed E-state index contributed by atoms with van der Waals surface area (Å²) in [5, 5.41) is 3.47. The highest BCUT2D eigenvalue weighted by molar-refractivity contribution is 4.97. The van der Waals surface area contributed by atoms with Crippen molar-refractivity contribution in [3.05, 3.63) is 18.2 Å². The zero-order chi connectivity index (χ0) is 12.7. The van der Waals surface area contributed by atoms with Gasteiger partial charge < -0.3 is 14.8 Å². The number of nitrogens with zero attached hydrogens (tertiary/aromatic N) is 3. The van der Waals surface area contributed by atoms with Crippen LogP contribution in [0.2, 0.25) is 0 Å². The third-order valence-corrected chi connectivity index (χ3v) is 3.19. The molecule has 1 aromatic rings. The van der Waals surface area contributed by atoms with Crippen LogP contribution in [0.25, 0.3) is 0 Å². The van der Waals surface area contributed by atoms with E-state index in [2.05, 4.69) is 47.6 Å². The van der Waals surface area contributed by atoms with E-state index in [0.29, 0.717) is 6.04 Å². The predicted octanol–water partition coefficient (Wildman–Crippen LogP) is 1.72. The Labute approximate surface area is 105 Å². The van der Waals surface area contributed by atoms with Crippen LogP contribution in [0.5, 0.6) is 0 Å². The van der Waals surface area contributed by atoms with E-state index in [1.165, 1.54) is 12.1 Å². The second-order valence-corrected chi connectivity index (χ2v) is 4.78. The molecule has 0 unspecified atom stereocenters. The first-order chi connectivity index (χ1) is 8.15. The van der Waals surface area contributed by atoms with Gasteiger partial charge in [0.1, 0.15) is 0 Å². The van der Waals surface area contributed by atoms with Gasteiger partial charge in [0, 0.05) is 25.3 Å². The third-order valence-electron chi connectivity index (χ3n) is 3.19. The summed E-state index contributed by atoms with van der Waals surface area (Å²) in [5.41, 5.74) is 1.27. The van der Waals surface area contributed by atoms with Gasteiger partial charge in [0.15, 0.2) is 0 Å². The third kappa shape index (κ3) is 4.88. The van der Waals surface area contributed by atoms with Crippen LogP contribution in [0, 0.1) is 0 Å². The molecule has 1 aromatic heterocycles. The smallest absolute Gasteiger partial charge is 0.0948 e. The zero-order valence-corrected chi connectivity index (χ0v) is 11.6. The molecule has 1 N–H and O–H groups in total. The summed E-state index contributed by atoms with van der Waals surface area (Å²) in [4.78, 5) is 6.53. The number of nitrogens with one attached hydrogen (secondary N) is 1. The fourth-order valence-electron chi connectivity index (χ4n) is 1.71. The number of hydrogen-bond acceptors (Lipinski definition) is 3. The molecule has 1 rings (SSSR count). The maximum Gasteiger partial charge on any atom is 0.0948 e. The monoisotopic (exact) mass is 238 g/mol. The normalized spacial score (nSPS) is 11.6. The molecule has 1 heterocycles. The molecule has 4 nitrogen and oxygen atoms in total. The molecular formula is C13H26N4. The number of hydrogen-bond donors (Lipinski definition) is 1. The SMILES string of the molecule is CCn1cncc1CNCCCN(C)C(C)C. The average Bonchev–Trinajstić information content (AvgIpc) is 2.75. The van der Waals surface area contributed by atoms with Gasteiger partial charge in [-0.25, -0.2) is 4.98 Å². The molecule has 0 saturated heterocycles. The van der Waals surface area contributed by atoms with E-state index in [1.54, 1.807) is 0 Å². The quantitative estimate of drug-likeness (QED) is 0.700. The predicted molar refractivity (Wildman–Crippen MR) is 72.0 cm³/mol. The molecule has 17 heavy (non-hydrogen) atoms. The second kappa shape index (κ2) is 7.45. The highest BCUT2D eigenvalue weighted by Crippen LogP contribution is 1.99. The maximum absolute atomic E-state index is 4.16. The first kappa shape index (κ1) is 14.2. The van der Waals surface area contributed by atoms with Crippen LogP contribution < -0.4 is 5.32 Å². The minimum Gasteiger partial charge on any atom is -0.334 e. The summed E-state index contributed by atoms with van der Waals surface area (Å²) in [6.45, 7) is 10.7. The molecule has 0 aliphatic heterocycles. The van der Waals surface area contributed by atoms with E-state index in [0.717, 1.165) is 26.2 Å². The Hall–Kier alpha value is -0.870. The molecule has 0 saturated carbocycles. The Morgan fingerprint density at radius 2 is 2.24 bits per heavy atom. The van der Waals surface area contributed by atoms with Gasteiger partial charge >= 0.3 is 0 Å². The van der Waals surface area contributed by atoms with Crippen LogP contribution in [0.1, 0.15) is 32.9 Å². The zero-order valence-electron chi connectivity index (χ0n) is 11.6. The van der Waals surface area contributed by atoms with Crippen molar-refractivity contribution in [2.24, 2.45) is 0 Å². The van der Waals surface area contributed by atoms with Crippen LogP contribution in [0.3, 0.4) is 0 Å². The van der Waals surface area contributed by atoms with Gasteiger partial charge in [-0.05, 0) is 47.3 Å². The summed E-state index contributed by atoms with van der Waals surface area (Å²) >= 11 is 0. The van der Waals surface area contributed by atoms with Crippen LogP contribution in [-0.2, 0) is 13.1 Å². The van der Waals surface area contributed by atoms with E-state index in [-0.39, 0.29) is 0 Å². The fraction of sp³-hybridized carbons (Fsp3) is 0.769. The van der Waals surface area contributed by atoms with Crippen molar-refractivity contribution < 1.29 is 0 Å². The van der Waals surface area contributed by atoms with Gasteiger partial charge in [-0.2, -0.15) is 0 Å². The Kier molecular flexibility index (Phi) is 6.22. The molecule has 0 aromatic carbocycles. The summed E-state index contributed by atoms with van der Waals surface area (Å²) in [6, 6.07) is 0.636. The van der Waals surface area contributed by atoms with Crippen molar-refractivity contribution in [2.45, 2.75) is 46.3 Å². The van der Waals surface area contributed by atoms with Crippen LogP contribution >= 0.6 is 0 Å². The average molecular weight is 238 g/mol. The van der Waals surface area contributed by atoms with Crippen molar-refractivity contribution in [2.75, 3.05) is 20.1 Å².